The summed E-state index contributed by atoms with van der Waals surface area (Å²) in [5, 5.41) is 12.2. The van der Waals surface area contributed by atoms with Crippen LogP contribution in [0.4, 0.5) is 0 Å². The van der Waals surface area contributed by atoms with E-state index in [2.05, 4.69) is 9.88 Å². The highest BCUT2D eigenvalue weighted by Crippen LogP contribution is 2.31. The first kappa shape index (κ1) is 21.0. The number of carbonyl (C=O) groups is 1. The molecule has 3 heterocycles. The lowest BCUT2D eigenvalue weighted by Gasteiger charge is -2.26. The molecular formula is C21H29N3O6. The van der Waals surface area contributed by atoms with Gasteiger partial charge < -0.3 is 28.6 Å². The third-order valence-electron chi connectivity index (χ3n) is 5.03. The van der Waals surface area contributed by atoms with E-state index < -0.39 is 5.97 Å². The van der Waals surface area contributed by atoms with Gasteiger partial charge in [-0.2, -0.15) is 0 Å². The van der Waals surface area contributed by atoms with E-state index in [1.165, 1.54) is 0 Å². The predicted octanol–water partition coefficient (Wildman–Crippen LogP) is 2.44. The Morgan fingerprint density at radius 3 is 2.80 bits per heavy atom. The van der Waals surface area contributed by atoms with Crippen molar-refractivity contribution in [2.24, 2.45) is 0 Å². The maximum absolute atomic E-state index is 10.8. The predicted molar refractivity (Wildman–Crippen MR) is 108 cm³/mol. The number of ether oxygens (including phenoxy) is 4. The molecule has 0 spiro atoms. The number of carboxylic acid groups (broad SMARTS) is 1. The van der Waals surface area contributed by atoms with Crippen LogP contribution in [0.3, 0.4) is 0 Å². The second-order valence-corrected chi connectivity index (χ2v) is 8.61. The lowest BCUT2D eigenvalue weighted by atomic mass is 10.1. The van der Waals surface area contributed by atoms with E-state index in [1.807, 2.05) is 26.8 Å². The maximum atomic E-state index is 10.8. The Labute approximate surface area is 175 Å². The van der Waals surface area contributed by atoms with E-state index in [9.17, 15) is 4.79 Å². The fourth-order valence-corrected chi connectivity index (χ4v) is 3.71. The summed E-state index contributed by atoms with van der Waals surface area (Å²) in [6.45, 7) is 7.61. The number of imidazole rings is 1. The van der Waals surface area contributed by atoms with Gasteiger partial charge in [-0.1, -0.05) is 0 Å². The molecule has 2 aliphatic rings. The van der Waals surface area contributed by atoms with Gasteiger partial charge in [-0.25, -0.2) is 9.78 Å². The number of nitrogens with zero attached hydrogens (tertiary/aromatic N) is 2. The average Bonchev–Trinajstić information content (AvgIpc) is 3.30. The Morgan fingerprint density at radius 1 is 1.33 bits per heavy atom. The molecule has 1 aromatic heterocycles. The minimum absolute atomic E-state index is 0.151. The SMILES string of the molecule is CC(C)(C)OC1OC1NCc1nc2cc(OCC(=O)O)ccc2n1C1CCOCC1. The van der Waals surface area contributed by atoms with Crippen LogP contribution in [0.25, 0.3) is 11.0 Å². The van der Waals surface area contributed by atoms with Crippen molar-refractivity contribution in [1.82, 2.24) is 14.9 Å². The molecule has 2 aliphatic heterocycles. The molecule has 2 fully saturated rings. The summed E-state index contributed by atoms with van der Waals surface area (Å²) in [5.41, 5.74) is 1.52. The first-order valence-electron chi connectivity index (χ1n) is 10.3. The molecule has 0 amide bonds. The van der Waals surface area contributed by atoms with Crippen molar-refractivity contribution in [2.75, 3.05) is 19.8 Å². The first-order valence-corrected chi connectivity index (χ1v) is 10.3. The molecule has 9 nitrogen and oxygen atoms in total. The molecule has 9 heteroatoms. The van der Waals surface area contributed by atoms with Gasteiger partial charge in [0.25, 0.3) is 0 Å². The minimum atomic E-state index is -1.01. The smallest absolute Gasteiger partial charge is 0.341 e. The van der Waals surface area contributed by atoms with Crippen molar-refractivity contribution in [3.8, 4) is 5.75 Å². The average molecular weight is 419 g/mol. The van der Waals surface area contributed by atoms with E-state index in [0.29, 0.717) is 18.3 Å². The van der Waals surface area contributed by atoms with Gasteiger partial charge in [-0.05, 0) is 45.7 Å². The van der Waals surface area contributed by atoms with Gasteiger partial charge in [0.05, 0.1) is 23.2 Å². The zero-order chi connectivity index (χ0) is 21.3. The van der Waals surface area contributed by atoms with Crippen molar-refractivity contribution in [3.05, 3.63) is 24.0 Å². The van der Waals surface area contributed by atoms with Crippen LogP contribution in [0.1, 0.15) is 45.5 Å². The van der Waals surface area contributed by atoms with Crippen LogP contribution < -0.4 is 10.1 Å². The number of hydrogen-bond acceptors (Lipinski definition) is 7. The molecule has 2 unspecified atom stereocenters. The zero-order valence-corrected chi connectivity index (χ0v) is 17.6. The van der Waals surface area contributed by atoms with Crippen LogP contribution >= 0.6 is 0 Å². The van der Waals surface area contributed by atoms with Gasteiger partial charge >= 0.3 is 5.97 Å². The number of nitrogens with one attached hydrogen (secondary N) is 1. The standard InChI is InChI=1S/C21H29N3O6/c1-21(2,3)30-20-19(29-20)22-11-17-23-15-10-14(28-12-18(25)26)4-5-16(15)24(17)13-6-8-27-9-7-13/h4-5,10,13,19-20,22H,6-9,11-12H2,1-3H3,(H,25,26). The summed E-state index contributed by atoms with van der Waals surface area (Å²) in [5.74, 6) is 0.381. The molecule has 164 valence electrons. The van der Waals surface area contributed by atoms with E-state index >= 15 is 0 Å². The highest BCUT2D eigenvalue weighted by Gasteiger charge is 2.42. The van der Waals surface area contributed by atoms with Crippen molar-refractivity contribution in [2.45, 2.75) is 64.3 Å². The van der Waals surface area contributed by atoms with Crippen LogP contribution in [0.15, 0.2) is 18.2 Å². The van der Waals surface area contributed by atoms with Crippen molar-refractivity contribution >= 4 is 17.0 Å². The molecule has 2 saturated heterocycles. The maximum Gasteiger partial charge on any atom is 0.341 e. The topological polar surface area (TPSA) is 107 Å². The Balaban J connectivity index is 1.53. The number of aromatic nitrogens is 2. The fourth-order valence-electron chi connectivity index (χ4n) is 3.71. The van der Waals surface area contributed by atoms with Crippen LogP contribution in [-0.4, -0.2) is 58.6 Å². The van der Waals surface area contributed by atoms with E-state index in [0.717, 1.165) is 42.9 Å². The summed E-state index contributed by atoms with van der Waals surface area (Å²) in [6.07, 6.45) is 1.44. The summed E-state index contributed by atoms with van der Waals surface area (Å²) in [6, 6.07) is 5.82. The Hall–Kier alpha value is -2.20. The van der Waals surface area contributed by atoms with Gasteiger partial charge in [0.1, 0.15) is 11.6 Å². The van der Waals surface area contributed by atoms with Gasteiger partial charge in [0, 0.05) is 25.3 Å². The summed E-state index contributed by atoms with van der Waals surface area (Å²) in [7, 11) is 0. The zero-order valence-electron chi connectivity index (χ0n) is 17.6. The number of epoxide rings is 1. The van der Waals surface area contributed by atoms with Gasteiger partial charge in [0.2, 0.25) is 0 Å². The lowest BCUT2D eigenvalue weighted by molar-refractivity contribution is -0.139. The molecule has 2 N–H and O–H groups in total. The second-order valence-electron chi connectivity index (χ2n) is 8.61. The quantitative estimate of drug-likeness (QED) is 0.628. The highest BCUT2D eigenvalue weighted by molar-refractivity contribution is 5.78. The number of aliphatic carboxylic acids is 1. The van der Waals surface area contributed by atoms with E-state index in [-0.39, 0.29) is 24.7 Å². The molecule has 2 aromatic rings. The number of hydrogen-bond donors (Lipinski definition) is 2. The molecule has 1 aromatic carbocycles. The number of carboxylic acids is 1. The highest BCUT2D eigenvalue weighted by atomic mass is 16.8. The molecule has 30 heavy (non-hydrogen) atoms. The molecule has 0 aliphatic carbocycles. The van der Waals surface area contributed by atoms with Gasteiger partial charge in [-0.3, -0.25) is 5.32 Å². The molecule has 0 radical (unpaired) electrons. The van der Waals surface area contributed by atoms with E-state index in [1.54, 1.807) is 12.1 Å². The third-order valence-corrected chi connectivity index (χ3v) is 5.03. The fraction of sp³-hybridized carbons (Fsp3) is 0.619. The normalized spacial score (nSPS) is 22.4. The molecular weight excluding hydrogens is 390 g/mol. The first-order chi connectivity index (χ1) is 14.3. The Morgan fingerprint density at radius 2 is 2.10 bits per heavy atom. The van der Waals surface area contributed by atoms with Crippen molar-refractivity contribution in [3.63, 3.8) is 0 Å². The monoisotopic (exact) mass is 419 g/mol. The molecule has 0 saturated carbocycles. The van der Waals surface area contributed by atoms with Crippen molar-refractivity contribution < 1.29 is 28.8 Å². The van der Waals surface area contributed by atoms with Gasteiger partial charge in [0.15, 0.2) is 19.1 Å². The number of benzene rings is 1. The summed E-state index contributed by atoms with van der Waals surface area (Å²) >= 11 is 0. The van der Waals surface area contributed by atoms with E-state index in [4.69, 9.17) is 29.0 Å². The lowest BCUT2D eigenvalue weighted by Crippen LogP contribution is -2.28. The molecule has 2 atom stereocenters. The summed E-state index contributed by atoms with van der Waals surface area (Å²) < 4.78 is 24.5. The van der Waals surface area contributed by atoms with Crippen molar-refractivity contribution in [1.29, 1.82) is 0 Å². The summed E-state index contributed by atoms with van der Waals surface area (Å²) in [4.78, 5) is 15.6. The minimum Gasteiger partial charge on any atom is -0.482 e. The Kier molecular flexibility index (Phi) is 5.97. The number of fused-ring (bicyclic) bond motifs is 1. The van der Waals surface area contributed by atoms with Crippen LogP contribution in [-0.2, 0) is 25.5 Å². The van der Waals surface area contributed by atoms with Crippen LogP contribution in [0.5, 0.6) is 5.75 Å². The second kappa shape index (κ2) is 8.50. The molecule has 0 bridgehead atoms. The molecule has 4 rings (SSSR count). The van der Waals surface area contributed by atoms with Gasteiger partial charge in [-0.15, -0.1) is 0 Å². The third kappa shape index (κ3) is 5.10. The number of rotatable bonds is 8. The van der Waals surface area contributed by atoms with Crippen LogP contribution in [0, 0.1) is 0 Å². The Bertz CT molecular complexity index is 900. The van der Waals surface area contributed by atoms with Crippen LogP contribution in [0.2, 0.25) is 0 Å². The largest absolute Gasteiger partial charge is 0.482 e.